The lowest BCUT2D eigenvalue weighted by molar-refractivity contribution is -0.142. The summed E-state index contributed by atoms with van der Waals surface area (Å²) in [6.07, 6.45) is 0.298. The van der Waals surface area contributed by atoms with Crippen molar-refractivity contribution in [1.82, 2.24) is 5.16 Å². The highest BCUT2D eigenvalue weighted by Gasteiger charge is 2.24. The van der Waals surface area contributed by atoms with Crippen LogP contribution in [0, 0.1) is 17.7 Å². The molecule has 5 nitrogen and oxygen atoms in total. The molecule has 0 fully saturated rings. The SMILES string of the molecule is CC(C)C[C@H](CC(=O)c1cc(-c2ccc(F)cc2)on1)C(=O)O. The van der Waals surface area contributed by atoms with Crippen LogP contribution < -0.4 is 0 Å². The van der Waals surface area contributed by atoms with E-state index in [2.05, 4.69) is 5.16 Å². The molecule has 0 amide bonds. The molecule has 1 aromatic carbocycles. The summed E-state index contributed by atoms with van der Waals surface area (Å²) in [5.41, 5.74) is 0.675. The number of carboxylic acid groups (broad SMARTS) is 1. The van der Waals surface area contributed by atoms with Gasteiger partial charge in [-0.05, 0) is 36.6 Å². The van der Waals surface area contributed by atoms with Gasteiger partial charge in [0.2, 0.25) is 0 Å². The van der Waals surface area contributed by atoms with Gasteiger partial charge in [0.05, 0.1) is 5.92 Å². The number of rotatable bonds is 7. The molecule has 1 atom stereocenters. The first-order chi connectivity index (χ1) is 10.9. The molecule has 0 spiro atoms. The Morgan fingerprint density at radius 2 is 1.91 bits per heavy atom. The molecule has 2 rings (SSSR count). The second-order valence-electron chi connectivity index (χ2n) is 5.88. The number of aliphatic carboxylic acids is 1. The quantitative estimate of drug-likeness (QED) is 0.785. The van der Waals surface area contributed by atoms with Crippen molar-refractivity contribution in [3.63, 3.8) is 0 Å². The van der Waals surface area contributed by atoms with E-state index in [-0.39, 0.29) is 29.6 Å². The van der Waals surface area contributed by atoms with Crippen molar-refractivity contribution in [2.75, 3.05) is 0 Å². The van der Waals surface area contributed by atoms with Gasteiger partial charge in [-0.1, -0.05) is 19.0 Å². The third kappa shape index (κ3) is 4.48. The average Bonchev–Trinajstić information content (AvgIpc) is 2.96. The number of carbonyl (C=O) groups is 2. The highest BCUT2D eigenvalue weighted by Crippen LogP contribution is 2.23. The number of nitrogens with zero attached hydrogens (tertiary/aromatic N) is 1. The molecule has 6 heteroatoms. The van der Waals surface area contributed by atoms with E-state index in [1.165, 1.54) is 30.3 Å². The van der Waals surface area contributed by atoms with E-state index in [4.69, 9.17) is 4.52 Å². The average molecular weight is 319 g/mol. The molecule has 0 aliphatic heterocycles. The molecular formula is C17H18FNO4. The van der Waals surface area contributed by atoms with Gasteiger partial charge >= 0.3 is 5.97 Å². The summed E-state index contributed by atoms with van der Waals surface area (Å²) in [7, 11) is 0. The van der Waals surface area contributed by atoms with Gasteiger partial charge < -0.3 is 9.63 Å². The van der Waals surface area contributed by atoms with Crippen LogP contribution in [0.3, 0.4) is 0 Å². The molecule has 1 aromatic heterocycles. The number of benzene rings is 1. The zero-order chi connectivity index (χ0) is 17.0. The number of Topliss-reactive ketones (excluding diaryl/α,β-unsaturated/α-hetero) is 1. The Hall–Kier alpha value is -2.50. The number of carbonyl (C=O) groups excluding carboxylic acids is 1. The van der Waals surface area contributed by atoms with Crippen molar-refractivity contribution in [3.8, 4) is 11.3 Å². The monoisotopic (exact) mass is 319 g/mol. The molecule has 0 aliphatic carbocycles. The highest BCUT2D eigenvalue weighted by atomic mass is 19.1. The predicted octanol–water partition coefficient (Wildman–Crippen LogP) is 3.80. The van der Waals surface area contributed by atoms with Gasteiger partial charge in [0.1, 0.15) is 11.5 Å². The molecule has 0 bridgehead atoms. The second kappa shape index (κ2) is 7.17. The predicted molar refractivity (Wildman–Crippen MR) is 81.4 cm³/mol. The molecule has 0 saturated carbocycles. The van der Waals surface area contributed by atoms with Crippen LogP contribution in [-0.4, -0.2) is 22.0 Å². The van der Waals surface area contributed by atoms with Crippen molar-refractivity contribution in [2.24, 2.45) is 11.8 Å². The van der Waals surface area contributed by atoms with Crippen molar-refractivity contribution < 1.29 is 23.6 Å². The summed E-state index contributed by atoms with van der Waals surface area (Å²) in [6.45, 7) is 3.81. The fourth-order valence-corrected chi connectivity index (χ4v) is 2.33. The maximum atomic E-state index is 12.9. The van der Waals surface area contributed by atoms with Gasteiger partial charge in [-0.2, -0.15) is 0 Å². The van der Waals surface area contributed by atoms with Crippen molar-refractivity contribution >= 4 is 11.8 Å². The maximum absolute atomic E-state index is 12.9. The Labute approximate surface area is 133 Å². The number of ketones is 1. The molecule has 2 aromatic rings. The topological polar surface area (TPSA) is 80.4 Å². The molecule has 0 unspecified atom stereocenters. The fraction of sp³-hybridized carbons (Fsp3) is 0.353. The zero-order valence-electron chi connectivity index (χ0n) is 13.0. The fourth-order valence-electron chi connectivity index (χ4n) is 2.33. The molecular weight excluding hydrogens is 301 g/mol. The van der Waals surface area contributed by atoms with Gasteiger partial charge in [-0.3, -0.25) is 9.59 Å². The first-order valence-corrected chi connectivity index (χ1v) is 7.35. The summed E-state index contributed by atoms with van der Waals surface area (Å²) in [4.78, 5) is 23.4. The first kappa shape index (κ1) is 16.9. The van der Waals surface area contributed by atoms with E-state index < -0.39 is 11.9 Å². The lowest BCUT2D eigenvalue weighted by Crippen LogP contribution is -2.20. The van der Waals surface area contributed by atoms with Crippen molar-refractivity contribution in [3.05, 3.63) is 41.8 Å². The number of halogens is 1. The molecule has 0 aliphatic rings. The number of hydrogen-bond donors (Lipinski definition) is 1. The Bertz CT molecular complexity index is 691. The van der Waals surface area contributed by atoms with E-state index >= 15 is 0 Å². The molecule has 1 heterocycles. The summed E-state index contributed by atoms with van der Waals surface area (Å²) in [5.74, 6) is -1.97. The lowest BCUT2D eigenvalue weighted by atomic mass is 9.92. The van der Waals surface area contributed by atoms with E-state index in [1.54, 1.807) is 0 Å². The van der Waals surface area contributed by atoms with Gasteiger partial charge in [0.15, 0.2) is 11.5 Å². The van der Waals surface area contributed by atoms with Crippen LogP contribution in [0.25, 0.3) is 11.3 Å². The van der Waals surface area contributed by atoms with Crippen LogP contribution in [-0.2, 0) is 4.79 Å². The second-order valence-corrected chi connectivity index (χ2v) is 5.88. The normalized spacial score (nSPS) is 12.3. The van der Waals surface area contributed by atoms with E-state index in [0.717, 1.165) is 0 Å². The Morgan fingerprint density at radius 3 is 2.48 bits per heavy atom. The summed E-state index contributed by atoms with van der Waals surface area (Å²) in [5, 5.41) is 12.9. The third-order valence-corrected chi connectivity index (χ3v) is 3.46. The minimum Gasteiger partial charge on any atom is -0.481 e. The molecule has 0 radical (unpaired) electrons. The van der Waals surface area contributed by atoms with Crippen LogP contribution in [0.5, 0.6) is 0 Å². The standard InChI is InChI=1S/C17H18FNO4/c1-10(2)7-12(17(21)22)8-15(20)14-9-16(23-19-14)11-3-5-13(18)6-4-11/h3-6,9-10,12H,7-8H2,1-2H3,(H,21,22)/t12-/m1/s1. The summed E-state index contributed by atoms with van der Waals surface area (Å²) >= 11 is 0. The van der Waals surface area contributed by atoms with E-state index in [1.807, 2.05) is 13.8 Å². The summed E-state index contributed by atoms with van der Waals surface area (Å²) < 4.78 is 18.0. The molecule has 0 saturated heterocycles. The lowest BCUT2D eigenvalue weighted by Gasteiger charge is -2.12. The van der Waals surface area contributed by atoms with Crippen molar-refractivity contribution in [2.45, 2.75) is 26.7 Å². The number of hydrogen-bond acceptors (Lipinski definition) is 4. The summed E-state index contributed by atoms with van der Waals surface area (Å²) in [6, 6.07) is 7.04. The van der Waals surface area contributed by atoms with Gasteiger partial charge in [-0.25, -0.2) is 4.39 Å². The van der Waals surface area contributed by atoms with Gasteiger partial charge in [-0.15, -0.1) is 0 Å². The van der Waals surface area contributed by atoms with Crippen LogP contribution in [0.4, 0.5) is 4.39 Å². The maximum Gasteiger partial charge on any atom is 0.306 e. The van der Waals surface area contributed by atoms with Crippen LogP contribution in [0.15, 0.2) is 34.9 Å². The first-order valence-electron chi connectivity index (χ1n) is 7.35. The van der Waals surface area contributed by atoms with Crippen LogP contribution >= 0.6 is 0 Å². The largest absolute Gasteiger partial charge is 0.481 e. The zero-order valence-corrected chi connectivity index (χ0v) is 13.0. The number of carboxylic acids is 1. The Morgan fingerprint density at radius 1 is 1.26 bits per heavy atom. The van der Waals surface area contributed by atoms with Gasteiger partial charge in [0, 0.05) is 18.1 Å². The van der Waals surface area contributed by atoms with Crippen LogP contribution in [0.1, 0.15) is 37.2 Å². The molecule has 23 heavy (non-hydrogen) atoms. The van der Waals surface area contributed by atoms with E-state index in [9.17, 15) is 19.1 Å². The Balaban J connectivity index is 2.11. The Kier molecular flexibility index (Phi) is 5.26. The van der Waals surface area contributed by atoms with Crippen molar-refractivity contribution in [1.29, 1.82) is 0 Å². The van der Waals surface area contributed by atoms with E-state index in [0.29, 0.717) is 17.7 Å². The molecule has 1 N–H and O–H groups in total. The highest BCUT2D eigenvalue weighted by molar-refractivity contribution is 5.96. The minimum atomic E-state index is -0.991. The number of aromatic nitrogens is 1. The molecule has 122 valence electrons. The van der Waals surface area contributed by atoms with Crippen LogP contribution in [0.2, 0.25) is 0 Å². The van der Waals surface area contributed by atoms with Gasteiger partial charge in [0.25, 0.3) is 0 Å². The third-order valence-electron chi connectivity index (χ3n) is 3.46. The smallest absolute Gasteiger partial charge is 0.306 e. The minimum absolute atomic E-state index is 0.0827.